The van der Waals surface area contributed by atoms with Gasteiger partial charge in [-0.15, -0.1) is 0 Å². The summed E-state index contributed by atoms with van der Waals surface area (Å²) in [6.07, 6.45) is 7.36. The standard InChI is InChI=1S/C17H18N6O/c1-12-5-4-9-22(12)15-7-10-23-16(21-15)13(11-19-23)17(24)20-14-6-2-3-8-18-14/h2-3,6-8,10-12H,4-5,9H2,1H3,(H,18,20,24). The van der Waals surface area contributed by atoms with E-state index in [-0.39, 0.29) is 5.91 Å². The molecule has 7 heteroatoms. The van der Waals surface area contributed by atoms with E-state index in [1.165, 1.54) is 19.0 Å². The van der Waals surface area contributed by atoms with E-state index >= 15 is 0 Å². The van der Waals surface area contributed by atoms with Crippen molar-refractivity contribution in [2.75, 3.05) is 16.8 Å². The van der Waals surface area contributed by atoms with Gasteiger partial charge in [0, 0.05) is 25.0 Å². The predicted molar refractivity (Wildman–Crippen MR) is 91.2 cm³/mol. The van der Waals surface area contributed by atoms with Gasteiger partial charge in [-0.05, 0) is 38.0 Å². The van der Waals surface area contributed by atoms with Crippen LogP contribution in [0, 0.1) is 0 Å². The van der Waals surface area contributed by atoms with Crippen molar-refractivity contribution in [3.63, 3.8) is 0 Å². The van der Waals surface area contributed by atoms with Crippen LogP contribution in [0.5, 0.6) is 0 Å². The van der Waals surface area contributed by atoms with Crippen LogP contribution in [0.15, 0.2) is 42.9 Å². The lowest BCUT2D eigenvalue weighted by Crippen LogP contribution is -2.27. The Kier molecular flexibility index (Phi) is 3.60. The molecule has 3 aromatic heterocycles. The highest BCUT2D eigenvalue weighted by Gasteiger charge is 2.23. The summed E-state index contributed by atoms with van der Waals surface area (Å²) in [5.41, 5.74) is 0.995. The van der Waals surface area contributed by atoms with E-state index < -0.39 is 0 Å². The van der Waals surface area contributed by atoms with Crippen LogP contribution >= 0.6 is 0 Å². The summed E-state index contributed by atoms with van der Waals surface area (Å²) in [5, 5.41) is 7.00. The van der Waals surface area contributed by atoms with E-state index in [2.05, 4.69) is 32.2 Å². The highest BCUT2D eigenvalue weighted by atomic mass is 16.1. The molecular formula is C17H18N6O. The van der Waals surface area contributed by atoms with Crippen LogP contribution in [-0.2, 0) is 0 Å². The molecule has 4 rings (SSSR count). The molecule has 1 amide bonds. The van der Waals surface area contributed by atoms with Crippen molar-refractivity contribution in [1.29, 1.82) is 0 Å². The summed E-state index contributed by atoms with van der Waals surface area (Å²) in [4.78, 5) is 23.6. The Balaban J connectivity index is 1.67. The van der Waals surface area contributed by atoms with E-state index in [0.29, 0.717) is 23.1 Å². The third-order valence-electron chi connectivity index (χ3n) is 4.35. The largest absolute Gasteiger partial charge is 0.354 e. The molecule has 0 aliphatic carbocycles. The highest BCUT2D eigenvalue weighted by Crippen LogP contribution is 2.24. The quantitative estimate of drug-likeness (QED) is 0.801. The van der Waals surface area contributed by atoms with Gasteiger partial charge in [0.15, 0.2) is 5.65 Å². The fourth-order valence-electron chi connectivity index (χ4n) is 3.07. The Bertz CT molecular complexity index is 875. The average molecular weight is 322 g/mol. The Morgan fingerprint density at radius 3 is 3.00 bits per heavy atom. The van der Waals surface area contributed by atoms with Gasteiger partial charge in [-0.1, -0.05) is 6.07 Å². The van der Waals surface area contributed by atoms with Gasteiger partial charge in [0.1, 0.15) is 17.2 Å². The van der Waals surface area contributed by atoms with Gasteiger partial charge in [-0.2, -0.15) is 5.10 Å². The minimum absolute atomic E-state index is 0.261. The molecule has 7 nitrogen and oxygen atoms in total. The number of nitrogens with zero attached hydrogens (tertiary/aromatic N) is 5. The Morgan fingerprint density at radius 2 is 2.25 bits per heavy atom. The maximum absolute atomic E-state index is 12.5. The van der Waals surface area contributed by atoms with Gasteiger partial charge in [0.2, 0.25) is 0 Å². The third kappa shape index (κ3) is 2.58. The van der Waals surface area contributed by atoms with Crippen LogP contribution < -0.4 is 10.2 Å². The van der Waals surface area contributed by atoms with Gasteiger partial charge in [-0.25, -0.2) is 14.5 Å². The molecule has 1 unspecified atom stereocenters. The van der Waals surface area contributed by atoms with E-state index in [1.807, 2.05) is 18.3 Å². The molecule has 24 heavy (non-hydrogen) atoms. The number of nitrogens with one attached hydrogen (secondary N) is 1. The van der Waals surface area contributed by atoms with Gasteiger partial charge in [0.25, 0.3) is 5.91 Å². The monoisotopic (exact) mass is 322 g/mol. The number of carbonyl (C=O) groups is 1. The fourth-order valence-corrected chi connectivity index (χ4v) is 3.07. The van der Waals surface area contributed by atoms with E-state index in [9.17, 15) is 4.79 Å². The number of carbonyl (C=O) groups excluding carboxylic acids is 1. The average Bonchev–Trinajstić information content (AvgIpc) is 3.21. The number of hydrogen-bond donors (Lipinski definition) is 1. The molecule has 1 N–H and O–H groups in total. The highest BCUT2D eigenvalue weighted by molar-refractivity contribution is 6.07. The number of amides is 1. The number of rotatable bonds is 3. The summed E-state index contributed by atoms with van der Waals surface area (Å²) < 4.78 is 1.62. The molecule has 4 heterocycles. The minimum Gasteiger partial charge on any atom is -0.354 e. The number of anilines is 2. The predicted octanol–water partition coefficient (Wildman–Crippen LogP) is 2.37. The van der Waals surface area contributed by atoms with Crippen molar-refractivity contribution in [2.45, 2.75) is 25.8 Å². The lowest BCUT2D eigenvalue weighted by atomic mass is 10.2. The van der Waals surface area contributed by atoms with Crippen molar-refractivity contribution < 1.29 is 4.79 Å². The molecule has 3 aromatic rings. The molecule has 0 radical (unpaired) electrons. The summed E-state index contributed by atoms with van der Waals surface area (Å²) in [5.74, 6) is 1.13. The number of pyridine rings is 1. The van der Waals surface area contributed by atoms with Crippen molar-refractivity contribution in [3.8, 4) is 0 Å². The van der Waals surface area contributed by atoms with Crippen LogP contribution in [0.3, 0.4) is 0 Å². The SMILES string of the molecule is CC1CCCN1c1ccn2ncc(C(=O)Nc3ccccn3)c2n1. The second-order valence-corrected chi connectivity index (χ2v) is 5.97. The van der Waals surface area contributed by atoms with Crippen molar-refractivity contribution in [3.05, 3.63) is 48.4 Å². The molecule has 1 fully saturated rings. The Hall–Kier alpha value is -2.96. The second-order valence-electron chi connectivity index (χ2n) is 5.97. The van der Waals surface area contributed by atoms with Crippen LogP contribution in [0.1, 0.15) is 30.1 Å². The molecule has 0 bridgehead atoms. The molecule has 1 saturated heterocycles. The Labute approximate surface area is 139 Å². The first kappa shape index (κ1) is 14.6. The summed E-state index contributed by atoms with van der Waals surface area (Å²) >= 11 is 0. The first-order valence-electron chi connectivity index (χ1n) is 8.06. The topological polar surface area (TPSA) is 75.4 Å². The summed E-state index contributed by atoms with van der Waals surface area (Å²) in [7, 11) is 0. The first-order chi connectivity index (χ1) is 11.7. The maximum atomic E-state index is 12.5. The Morgan fingerprint density at radius 1 is 1.33 bits per heavy atom. The van der Waals surface area contributed by atoms with Gasteiger partial charge in [-0.3, -0.25) is 4.79 Å². The summed E-state index contributed by atoms with van der Waals surface area (Å²) in [6.45, 7) is 3.19. The van der Waals surface area contributed by atoms with Gasteiger partial charge >= 0.3 is 0 Å². The fraction of sp³-hybridized carbons (Fsp3) is 0.294. The number of aromatic nitrogens is 4. The maximum Gasteiger partial charge on any atom is 0.262 e. The van der Waals surface area contributed by atoms with Crippen molar-refractivity contribution >= 4 is 23.2 Å². The zero-order chi connectivity index (χ0) is 16.5. The van der Waals surface area contributed by atoms with E-state index in [4.69, 9.17) is 0 Å². The lowest BCUT2D eigenvalue weighted by molar-refractivity contribution is 0.102. The zero-order valence-corrected chi connectivity index (χ0v) is 13.4. The van der Waals surface area contributed by atoms with Crippen LogP contribution in [-0.4, -0.2) is 38.1 Å². The number of hydrogen-bond acceptors (Lipinski definition) is 5. The van der Waals surface area contributed by atoms with Crippen molar-refractivity contribution in [1.82, 2.24) is 19.6 Å². The molecular weight excluding hydrogens is 304 g/mol. The normalized spacial score (nSPS) is 17.4. The van der Waals surface area contributed by atoms with Crippen LogP contribution in [0.4, 0.5) is 11.6 Å². The second kappa shape index (κ2) is 5.92. The molecule has 0 spiro atoms. The molecule has 0 aromatic carbocycles. The van der Waals surface area contributed by atoms with Crippen LogP contribution in [0.2, 0.25) is 0 Å². The van der Waals surface area contributed by atoms with E-state index in [0.717, 1.165) is 12.4 Å². The molecule has 1 atom stereocenters. The van der Waals surface area contributed by atoms with Crippen molar-refractivity contribution in [2.24, 2.45) is 0 Å². The molecule has 1 aliphatic heterocycles. The number of fused-ring (bicyclic) bond motifs is 1. The zero-order valence-electron chi connectivity index (χ0n) is 13.4. The van der Waals surface area contributed by atoms with Gasteiger partial charge in [0.05, 0.1) is 6.20 Å². The smallest absolute Gasteiger partial charge is 0.262 e. The van der Waals surface area contributed by atoms with Gasteiger partial charge < -0.3 is 10.2 Å². The third-order valence-corrected chi connectivity index (χ3v) is 4.35. The molecule has 122 valence electrons. The van der Waals surface area contributed by atoms with Crippen LogP contribution in [0.25, 0.3) is 5.65 Å². The molecule has 1 aliphatic rings. The lowest BCUT2D eigenvalue weighted by Gasteiger charge is -2.22. The molecule has 0 saturated carbocycles. The first-order valence-corrected chi connectivity index (χ1v) is 8.06. The summed E-state index contributed by atoms with van der Waals surface area (Å²) in [6, 6.07) is 7.78. The van der Waals surface area contributed by atoms with E-state index in [1.54, 1.807) is 22.8 Å². The minimum atomic E-state index is -0.261.